The molecule has 1 aliphatic carbocycles. The zero-order valence-corrected chi connectivity index (χ0v) is 19.3. The van der Waals surface area contributed by atoms with Gasteiger partial charge in [0.2, 0.25) is 5.88 Å². The molecule has 6 nitrogen and oxygen atoms in total. The summed E-state index contributed by atoms with van der Waals surface area (Å²) in [6, 6.07) is 23.8. The Morgan fingerprint density at radius 3 is 2.26 bits per heavy atom. The van der Waals surface area contributed by atoms with Gasteiger partial charge in [-0.15, -0.1) is 0 Å². The van der Waals surface area contributed by atoms with Crippen molar-refractivity contribution in [1.29, 1.82) is 0 Å². The molecule has 0 unspecified atom stereocenters. The third-order valence-corrected chi connectivity index (χ3v) is 5.87. The lowest BCUT2D eigenvalue weighted by Gasteiger charge is -2.10. The molecule has 34 heavy (non-hydrogen) atoms. The van der Waals surface area contributed by atoms with Gasteiger partial charge in [-0.3, -0.25) is 9.59 Å². The number of hydrogen-bond acceptors (Lipinski definition) is 4. The number of nitrogens with zero attached hydrogens (tertiary/aromatic N) is 2. The molecule has 1 aliphatic rings. The maximum Gasteiger partial charge on any atom is 0.309 e. The SMILES string of the molecule is CC(=O)Oc1c(-c2ccc(NC(=O)c3ccc(Cl)cc3)cc2)c(C2CC2)nn1-c1ccccc1. The molecular formula is C27H22ClN3O3. The van der Waals surface area contributed by atoms with Crippen molar-refractivity contribution in [3.05, 3.63) is 95.1 Å². The fourth-order valence-electron chi connectivity index (χ4n) is 3.83. The molecule has 1 aromatic heterocycles. The normalized spacial score (nSPS) is 12.9. The van der Waals surface area contributed by atoms with Gasteiger partial charge in [-0.25, -0.2) is 0 Å². The highest BCUT2D eigenvalue weighted by atomic mass is 35.5. The van der Waals surface area contributed by atoms with Gasteiger partial charge in [-0.2, -0.15) is 9.78 Å². The van der Waals surface area contributed by atoms with Crippen molar-refractivity contribution >= 4 is 29.2 Å². The molecule has 1 fully saturated rings. The lowest BCUT2D eigenvalue weighted by atomic mass is 10.0. The smallest absolute Gasteiger partial charge is 0.309 e. The van der Waals surface area contributed by atoms with Gasteiger partial charge in [0.25, 0.3) is 5.91 Å². The Hall–Kier alpha value is -3.90. The third kappa shape index (κ3) is 4.58. The second kappa shape index (κ2) is 9.15. The average Bonchev–Trinajstić information content (AvgIpc) is 3.62. The number of amides is 1. The molecule has 0 radical (unpaired) electrons. The van der Waals surface area contributed by atoms with Crippen molar-refractivity contribution in [3.8, 4) is 22.7 Å². The minimum Gasteiger partial charge on any atom is -0.407 e. The van der Waals surface area contributed by atoms with Gasteiger partial charge in [0.15, 0.2) is 0 Å². The summed E-state index contributed by atoms with van der Waals surface area (Å²) < 4.78 is 7.38. The van der Waals surface area contributed by atoms with Crippen molar-refractivity contribution in [2.24, 2.45) is 0 Å². The molecule has 5 rings (SSSR count). The highest BCUT2D eigenvalue weighted by molar-refractivity contribution is 6.30. The van der Waals surface area contributed by atoms with Gasteiger partial charge in [0, 0.05) is 29.1 Å². The Morgan fingerprint density at radius 1 is 0.971 bits per heavy atom. The minimum absolute atomic E-state index is 0.222. The second-order valence-corrected chi connectivity index (χ2v) is 8.66. The van der Waals surface area contributed by atoms with Gasteiger partial charge in [0.05, 0.1) is 16.9 Å². The topological polar surface area (TPSA) is 73.2 Å². The Bertz CT molecular complexity index is 1340. The zero-order chi connectivity index (χ0) is 23.7. The number of halogens is 1. The highest BCUT2D eigenvalue weighted by Gasteiger charge is 2.34. The monoisotopic (exact) mass is 471 g/mol. The molecular weight excluding hydrogens is 450 g/mol. The van der Waals surface area contributed by atoms with Crippen LogP contribution in [0.1, 0.15) is 41.7 Å². The summed E-state index contributed by atoms with van der Waals surface area (Å²) in [6.07, 6.45) is 2.10. The van der Waals surface area contributed by atoms with Crippen LogP contribution in [0.25, 0.3) is 16.8 Å². The number of carbonyl (C=O) groups excluding carboxylic acids is 2. The van der Waals surface area contributed by atoms with Gasteiger partial charge in [-0.05, 0) is 66.9 Å². The third-order valence-electron chi connectivity index (χ3n) is 5.61. The van der Waals surface area contributed by atoms with E-state index in [0.717, 1.165) is 35.3 Å². The molecule has 7 heteroatoms. The molecule has 170 valence electrons. The van der Waals surface area contributed by atoms with Crippen molar-refractivity contribution in [2.75, 3.05) is 5.32 Å². The molecule has 0 saturated heterocycles. The molecule has 1 heterocycles. The van der Waals surface area contributed by atoms with Crippen LogP contribution in [0.2, 0.25) is 5.02 Å². The summed E-state index contributed by atoms with van der Waals surface area (Å²) in [5.41, 5.74) is 4.57. The van der Waals surface area contributed by atoms with Crippen molar-refractivity contribution in [2.45, 2.75) is 25.7 Å². The van der Waals surface area contributed by atoms with Crippen LogP contribution in [0, 0.1) is 0 Å². The Morgan fingerprint density at radius 2 is 1.65 bits per heavy atom. The maximum atomic E-state index is 12.5. The number of ether oxygens (including phenoxy) is 1. The maximum absolute atomic E-state index is 12.5. The van der Waals surface area contributed by atoms with Crippen molar-refractivity contribution < 1.29 is 14.3 Å². The second-order valence-electron chi connectivity index (χ2n) is 8.22. The number of nitrogens with one attached hydrogen (secondary N) is 1. The quantitative estimate of drug-likeness (QED) is 0.337. The number of hydrogen-bond donors (Lipinski definition) is 1. The molecule has 0 spiro atoms. The lowest BCUT2D eigenvalue weighted by Crippen LogP contribution is -2.11. The first kappa shape index (κ1) is 21.9. The molecule has 1 N–H and O–H groups in total. The molecule has 0 bridgehead atoms. The summed E-state index contributed by atoms with van der Waals surface area (Å²) in [7, 11) is 0. The summed E-state index contributed by atoms with van der Waals surface area (Å²) in [5, 5.41) is 8.32. The average molecular weight is 472 g/mol. The number of benzene rings is 3. The van der Waals surface area contributed by atoms with Crippen LogP contribution in [0.5, 0.6) is 5.88 Å². The molecule has 3 aromatic carbocycles. The van der Waals surface area contributed by atoms with E-state index in [0.29, 0.717) is 28.1 Å². The number of esters is 1. The molecule has 0 aliphatic heterocycles. The summed E-state index contributed by atoms with van der Waals surface area (Å²) >= 11 is 5.91. The predicted molar refractivity (Wildman–Crippen MR) is 132 cm³/mol. The van der Waals surface area contributed by atoms with E-state index in [4.69, 9.17) is 21.4 Å². The van der Waals surface area contributed by atoms with E-state index in [1.165, 1.54) is 6.92 Å². The van der Waals surface area contributed by atoms with E-state index in [2.05, 4.69) is 5.32 Å². The highest BCUT2D eigenvalue weighted by Crippen LogP contribution is 2.48. The first-order valence-electron chi connectivity index (χ1n) is 11.0. The standard InChI is InChI=1S/C27H22ClN3O3/c1-17(32)34-27-24(25(19-7-8-19)30-31(27)23-5-3-2-4-6-23)18-11-15-22(16-12-18)29-26(33)20-9-13-21(28)14-10-20/h2-6,9-16,19H,7-8H2,1H3,(H,29,33). The van der Waals surface area contributed by atoms with Gasteiger partial charge in [0.1, 0.15) is 0 Å². The van der Waals surface area contributed by atoms with E-state index >= 15 is 0 Å². The van der Waals surface area contributed by atoms with Crippen LogP contribution in [0.3, 0.4) is 0 Å². The first-order chi connectivity index (χ1) is 16.5. The Labute approximate surface area is 202 Å². The van der Waals surface area contributed by atoms with Gasteiger partial charge in [-0.1, -0.05) is 41.9 Å². The molecule has 4 aromatic rings. The molecule has 1 saturated carbocycles. The van der Waals surface area contributed by atoms with Crippen LogP contribution in [-0.2, 0) is 4.79 Å². The van der Waals surface area contributed by atoms with Crippen LogP contribution in [0.15, 0.2) is 78.9 Å². The van der Waals surface area contributed by atoms with Crippen molar-refractivity contribution in [1.82, 2.24) is 9.78 Å². The van der Waals surface area contributed by atoms with Crippen LogP contribution < -0.4 is 10.1 Å². The van der Waals surface area contributed by atoms with E-state index in [9.17, 15) is 9.59 Å². The zero-order valence-electron chi connectivity index (χ0n) is 18.5. The Balaban J connectivity index is 1.50. The predicted octanol–water partition coefficient (Wildman–Crippen LogP) is 6.25. The summed E-state index contributed by atoms with van der Waals surface area (Å²) in [4.78, 5) is 24.5. The summed E-state index contributed by atoms with van der Waals surface area (Å²) in [5.74, 6) is 0.102. The van der Waals surface area contributed by atoms with E-state index in [1.54, 1.807) is 28.9 Å². The number of carbonyl (C=O) groups is 2. The summed E-state index contributed by atoms with van der Waals surface area (Å²) in [6.45, 7) is 1.39. The van der Waals surface area contributed by atoms with E-state index in [1.807, 2.05) is 54.6 Å². The molecule has 1 amide bonds. The minimum atomic E-state index is -0.410. The van der Waals surface area contributed by atoms with Gasteiger partial charge < -0.3 is 10.1 Å². The molecule has 0 atom stereocenters. The number of anilines is 1. The van der Waals surface area contributed by atoms with Crippen LogP contribution in [0.4, 0.5) is 5.69 Å². The first-order valence-corrected chi connectivity index (χ1v) is 11.4. The van der Waals surface area contributed by atoms with E-state index in [-0.39, 0.29) is 5.91 Å². The number of para-hydroxylation sites is 1. The fraction of sp³-hybridized carbons (Fsp3) is 0.148. The number of aromatic nitrogens is 2. The fourth-order valence-corrected chi connectivity index (χ4v) is 3.96. The number of rotatable bonds is 6. The van der Waals surface area contributed by atoms with Gasteiger partial charge >= 0.3 is 5.97 Å². The lowest BCUT2D eigenvalue weighted by molar-refractivity contribution is -0.132. The van der Waals surface area contributed by atoms with Crippen LogP contribution in [-0.4, -0.2) is 21.7 Å². The Kier molecular flexibility index (Phi) is 5.90. The van der Waals surface area contributed by atoms with E-state index < -0.39 is 5.97 Å². The van der Waals surface area contributed by atoms with Crippen molar-refractivity contribution in [3.63, 3.8) is 0 Å². The largest absolute Gasteiger partial charge is 0.407 e. The van der Waals surface area contributed by atoms with Crippen LogP contribution >= 0.6 is 11.6 Å².